The summed E-state index contributed by atoms with van der Waals surface area (Å²) in [6.07, 6.45) is 7.53. The van der Waals surface area contributed by atoms with Gasteiger partial charge in [0.2, 0.25) is 11.9 Å². The number of aromatic nitrogens is 7. The molecule has 3 aliphatic rings. The molecule has 0 bridgehead atoms. The molecule has 2 N–H and O–H groups in total. The molecule has 5 heterocycles. The number of carbonyl (C=O) groups is 1. The number of nitrogens with one attached hydrogen (secondary N) is 2. The second-order valence-corrected chi connectivity index (χ2v) is 11.4. The van der Waals surface area contributed by atoms with Gasteiger partial charge in [0.05, 0.1) is 17.9 Å². The van der Waals surface area contributed by atoms with Crippen molar-refractivity contribution in [2.75, 3.05) is 25.0 Å². The van der Waals surface area contributed by atoms with E-state index in [2.05, 4.69) is 55.0 Å². The van der Waals surface area contributed by atoms with Crippen molar-refractivity contribution in [3.8, 4) is 11.1 Å². The molecular weight excluding hydrogens is 542 g/mol. The third kappa shape index (κ3) is 5.60. The third-order valence-electron chi connectivity index (χ3n) is 8.47. The first kappa shape index (κ1) is 26.6. The summed E-state index contributed by atoms with van der Waals surface area (Å²) in [5.41, 5.74) is 6.70. The van der Waals surface area contributed by atoms with Crippen LogP contribution in [0, 0.1) is 0 Å². The van der Waals surface area contributed by atoms with Crippen LogP contribution in [0.15, 0.2) is 42.9 Å². The number of hydrogen-bond donors (Lipinski definition) is 2. The van der Waals surface area contributed by atoms with Crippen molar-refractivity contribution in [1.29, 1.82) is 0 Å². The van der Waals surface area contributed by atoms with Gasteiger partial charge in [-0.2, -0.15) is 5.10 Å². The smallest absolute Gasteiger partial charge is 0.250 e. The van der Waals surface area contributed by atoms with Gasteiger partial charge < -0.3 is 10.2 Å². The number of carbonyl (C=O) groups excluding carboxylic acids is 1. The highest BCUT2D eigenvalue weighted by molar-refractivity contribution is 5.76. The van der Waals surface area contributed by atoms with E-state index in [9.17, 15) is 13.6 Å². The first-order chi connectivity index (χ1) is 20.4. The van der Waals surface area contributed by atoms with E-state index >= 15 is 0 Å². The van der Waals surface area contributed by atoms with Crippen LogP contribution in [0.3, 0.4) is 0 Å². The summed E-state index contributed by atoms with van der Waals surface area (Å²) in [4.78, 5) is 26.1. The molecule has 0 saturated carbocycles. The maximum atomic E-state index is 13.8. The van der Waals surface area contributed by atoms with Crippen LogP contribution in [-0.4, -0.2) is 82.5 Å². The molecule has 1 saturated heterocycles. The summed E-state index contributed by atoms with van der Waals surface area (Å²) >= 11 is 0. The van der Waals surface area contributed by atoms with Gasteiger partial charge in [-0.3, -0.25) is 19.5 Å². The minimum Gasteiger partial charge on any atom is -0.351 e. The van der Waals surface area contributed by atoms with E-state index in [-0.39, 0.29) is 44.4 Å². The van der Waals surface area contributed by atoms with Crippen molar-refractivity contribution in [2.45, 2.75) is 63.7 Å². The molecule has 4 aromatic rings. The highest BCUT2D eigenvalue weighted by Crippen LogP contribution is 2.30. The largest absolute Gasteiger partial charge is 0.351 e. The summed E-state index contributed by atoms with van der Waals surface area (Å²) in [6.45, 7) is 2.01. The van der Waals surface area contributed by atoms with Crippen LogP contribution in [-0.2, 0) is 43.7 Å². The number of nitrogens with zero attached hydrogens (tertiary/aromatic N) is 8. The lowest BCUT2D eigenvalue weighted by Crippen LogP contribution is -2.39. The molecule has 1 aromatic carbocycles. The monoisotopic (exact) mass is 574 g/mol. The Morgan fingerprint density at radius 3 is 2.55 bits per heavy atom. The van der Waals surface area contributed by atoms with E-state index in [4.69, 9.17) is 5.10 Å². The third-order valence-corrected chi connectivity index (χ3v) is 8.47. The number of H-pyrrole nitrogens is 1. The minimum atomic E-state index is -2.62. The Labute approximate surface area is 241 Å². The van der Waals surface area contributed by atoms with Crippen LogP contribution in [0.4, 0.5) is 14.7 Å². The Hall–Kier alpha value is -4.26. The molecule has 0 radical (unpaired) electrons. The number of piperidine rings is 1. The van der Waals surface area contributed by atoms with Crippen molar-refractivity contribution in [1.82, 2.24) is 45.0 Å². The predicted octanol–water partition coefficient (Wildman–Crippen LogP) is 2.85. The zero-order valence-corrected chi connectivity index (χ0v) is 23.1. The summed E-state index contributed by atoms with van der Waals surface area (Å²) < 4.78 is 29.2. The van der Waals surface area contributed by atoms with Gasteiger partial charge in [-0.1, -0.05) is 29.5 Å². The summed E-state index contributed by atoms with van der Waals surface area (Å²) in [5, 5.41) is 19.0. The van der Waals surface area contributed by atoms with Gasteiger partial charge in [0.25, 0.3) is 5.92 Å². The average molecular weight is 575 g/mol. The Bertz CT molecular complexity index is 1550. The lowest BCUT2D eigenvalue weighted by Gasteiger charge is -2.31. The van der Waals surface area contributed by atoms with Crippen molar-refractivity contribution in [3.63, 3.8) is 0 Å². The Balaban J connectivity index is 1.08. The fourth-order valence-electron chi connectivity index (χ4n) is 6.09. The van der Waals surface area contributed by atoms with Crippen LogP contribution < -0.4 is 5.32 Å². The molecule has 0 spiro atoms. The molecule has 1 fully saturated rings. The highest BCUT2D eigenvalue weighted by atomic mass is 19.3. The molecule has 3 aromatic heterocycles. The van der Waals surface area contributed by atoms with Crippen molar-refractivity contribution in [2.24, 2.45) is 0 Å². The van der Waals surface area contributed by atoms with E-state index in [1.54, 1.807) is 22.0 Å². The number of halogens is 2. The number of rotatable bonds is 7. The van der Waals surface area contributed by atoms with Crippen LogP contribution in [0.1, 0.15) is 41.1 Å². The predicted molar refractivity (Wildman–Crippen MR) is 149 cm³/mol. The molecule has 1 amide bonds. The Morgan fingerprint density at radius 1 is 1.07 bits per heavy atom. The van der Waals surface area contributed by atoms with E-state index in [1.165, 1.54) is 11.1 Å². The lowest BCUT2D eigenvalue weighted by atomic mass is 10.1. The van der Waals surface area contributed by atoms with Crippen LogP contribution >= 0.6 is 0 Å². The molecule has 1 aliphatic carbocycles. The highest BCUT2D eigenvalue weighted by Gasteiger charge is 2.34. The topological polar surface area (TPSA) is 121 Å². The van der Waals surface area contributed by atoms with Gasteiger partial charge in [0.15, 0.2) is 0 Å². The van der Waals surface area contributed by atoms with Crippen LogP contribution in [0.5, 0.6) is 0 Å². The maximum absolute atomic E-state index is 13.8. The molecule has 0 atom stereocenters. The SMILES string of the molecule is O=C(Cn1cc(-c2cnc(NC3Cc4ccccc4C3)nc2)c(CN2CCC(F)(F)CC2)n1)N1CCc2[nH]nnc2C1. The summed E-state index contributed by atoms with van der Waals surface area (Å²) in [7, 11) is 0. The molecule has 42 heavy (non-hydrogen) atoms. The van der Waals surface area contributed by atoms with Gasteiger partial charge in [-0.15, -0.1) is 5.10 Å². The standard InChI is InChI=1S/C29H32F2N10O/c30-29(31)6-9-39(10-7-29)16-25-23(15-41(37-25)18-27(42)40-8-5-24-26(17-40)36-38-35-24)21-13-32-28(33-14-21)34-22-11-19-3-1-2-4-20(19)12-22/h1-4,13-15,22H,5-12,16-18H2,(H,32,33,34)(H,35,36,38). The van der Waals surface area contributed by atoms with Gasteiger partial charge in [-0.05, 0) is 24.0 Å². The fraction of sp³-hybridized carbons (Fsp3) is 0.448. The van der Waals surface area contributed by atoms with Gasteiger partial charge in [0, 0.05) is 81.2 Å². The zero-order chi connectivity index (χ0) is 28.7. The number of hydrogen-bond acceptors (Lipinski definition) is 8. The minimum absolute atomic E-state index is 0.0565. The molecule has 13 heteroatoms. The van der Waals surface area contributed by atoms with Crippen LogP contribution in [0.25, 0.3) is 11.1 Å². The fourth-order valence-corrected chi connectivity index (χ4v) is 6.09. The quantitative estimate of drug-likeness (QED) is 0.346. The van der Waals surface area contributed by atoms with E-state index < -0.39 is 5.92 Å². The van der Waals surface area contributed by atoms with Gasteiger partial charge >= 0.3 is 0 Å². The zero-order valence-electron chi connectivity index (χ0n) is 23.1. The second-order valence-electron chi connectivity index (χ2n) is 11.4. The summed E-state index contributed by atoms with van der Waals surface area (Å²) in [6, 6.07) is 8.67. The first-order valence-corrected chi connectivity index (χ1v) is 14.4. The number of fused-ring (bicyclic) bond motifs is 2. The van der Waals surface area contributed by atoms with Gasteiger partial charge in [0.1, 0.15) is 12.2 Å². The molecule has 7 rings (SSSR count). The molecular formula is C29H32F2N10O. The second kappa shape index (κ2) is 10.9. The Kier molecular flexibility index (Phi) is 6.88. The van der Waals surface area contributed by atoms with Crippen molar-refractivity contribution >= 4 is 11.9 Å². The van der Waals surface area contributed by atoms with E-state index in [0.29, 0.717) is 37.7 Å². The summed E-state index contributed by atoms with van der Waals surface area (Å²) in [5.74, 6) is -2.15. The molecule has 0 unspecified atom stereocenters. The number of anilines is 1. The Morgan fingerprint density at radius 2 is 1.81 bits per heavy atom. The number of likely N-dealkylation sites (tertiary alicyclic amines) is 1. The van der Waals surface area contributed by atoms with Crippen molar-refractivity contribution in [3.05, 3.63) is 71.1 Å². The first-order valence-electron chi connectivity index (χ1n) is 14.4. The number of alkyl halides is 2. The normalized spacial score (nSPS) is 18.6. The van der Waals surface area contributed by atoms with Crippen molar-refractivity contribution < 1.29 is 13.6 Å². The van der Waals surface area contributed by atoms with Crippen LogP contribution in [0.2, 0.25) is 0 Å². The molecule has 2 aliphatic heterocycles. The lowest BCUT2D eigenvalue weighted by molar-refractivity contribution is -0.133. The van der Waals surface area contributed by atoms with Gasteiger partial charge in [-0.25, -0.2) is 18.7 Å². The maximum Gasteiger partial charge on any atom is 0.250 e. The molecule has 218 valence electrons. The molecule has 11 nitrogen and oxygen atoms in total. The van der Waals surface area contributed by atoms with E-state index in [0.717, 1.165) is 35.4 Å². The van der Waals surface area contributed by atoms with E-state index in [1.807, 2.05) is 11.1 Å². The number of aromatic amines is 1. The number of benzene rings is 1. The number of amides is 1. The average Bonchev–Trinajstić information content (AvgIpc) is 3.72.